The fourth-order valence-electron chi connectivity index (χ4n) is 2.56. The fourth-order valence-corrected chi connectivity index (χ4v) is 2.79. The Morgan fingerprint density at radius 2 is 2.22 bits per heavy atom. The number of aryl methyl sites for hydroxylation is 1. The van der Waals surface area contributed by atoms with Gasteiger partial charge in [0.2, 0.25) is 0 Å². The zero-order chi connectivity index (χ0) is 13.3. The average Bonchev–Trinajstić information content (AvgIpc) is 2.32. The third-order valence-electron chi connectivity index (χ3n) is 3.92. The first-order valence-corrected chi connectivity index (χ1v) is 6.78. The van der Waals surface area contributed by atoms with Crippen molar-refractivity contribution in [3.8, 4) is 0 Å². The van der Waals surface area contributed by atoms with Crippen molar-refractivity contribution in [1.29, 1.82) is 0 Å². The monoisotopic (exact) mass is 269 g/mol. The van der Waals surface area contributed by atoms with Crippen molar-refractivity contribution in [3.63, 3.8) is 0 Å². The van der Waals surface area contributed by atoms with E-state index < -0.39 is 0 Å². The molecular weight excluding hydrogens is 250 g/mol. The first kappa shape index (κ1) is 13.4. The molecule has 1 heterocycles. The Balaban J connectivity index is 2.24. The number of halogens is 1. The molecule has 0 amide bonds. The summed E-state index contributed by atoms with van der Waals surface area (Å²) in [5.74, 6) is 0. The second-order valence-corrected chi connectivity index (χ2v) is 6.11. The zero-order valence-electron chi connectivity index (χ0n) is 11.2. The van der Waals surface area contributed by atoms with Crippen LogP contribution in [-0.4, -0.2) is 15.8 Å². The van der Waals surface area contributed by atoms with E-state index in [1.807, 2.05) is 0 Å². The lowest BCUT2D eigenvalue weighted by molar-refractivity contribution is 0.217. The van der Waals surface area contributed by atoms with Crippen LogP contribution < -0.4 is 10.9 Å². The summed E-state index contributed by atoms with van der Waals surface area (Å²) < 4.78 is 1.25. The van der Waals surface area contributed by atoms with Crippen molar-refractivity contribution < 1.29 is 0 Å². The molecule has 0 aromatic carbocycles. The number of rotatable bonds is 2. The van der Waals surface area contributed by atoms with E-state index in [4.69, 9.17) is 11.6 Å². The number of nitrogens with one attached hydrogen (secondary N) is 1. The van der Waals surface area contributed by atoms with Crippen molar-refractivity contribution in [1.82, 2.24) is 9.78 Å². The lowest BCUT2D eigenvalue weighted by Gasteiger charge is -2.39. The smallest absolute Gasteiger partial charge is 0.287 e. The highest BCUT2D eigenvalue weighted by molar-refractivity contribution is 6.32. The van der Waals surface area contributed by atoms with Gasteiger partial charge in [-0.3, -0.25) is 4.79 Å². The summed E-state index contributed by atoms with van der Waals surface area (Å²) in [6, 6.07) is 0.345. The highest BCUT2D eigenvalue weighted by Crippen LogP contribution is 2.37. The first-order chi connectivity index (χ1) is 8.42. The molecule has 100 valence electrons. The number of aromatic nitrogens is 2. The second kappa shape index (κ2) is 4.92. The number of nitrogens with zero attached hydrogens (tertiary/aromatic N) is 2. The van der Waals surface area contributed by atoms with E-state index in [1.54, 1.807) is 13.2 Å². The van der Waals surface area contributed by atoms with Crippen molar-refractivity contribution >= 4 is 17.3 Å². The van der Waals surface area contributed by atoms with E-state index in [2.05, 4.69) is 24.3 Å². The predicted molar refractivity (Wildman–Crippen MR) is 74.1 cm³/mol. The maximum atomic E-state index is 11.7. The summed E-state index contributed by atoms with van der Waals surface area (Å²) in [5.41, 5.74) is 0.623. The van der Waals surface area contributed by atoms with Crippen molar-refractivity contribution in [2.45, 2.75) is 45.6 Å². The van der Waals surface area contributed by atoms with E-state index in [1.165, 1.54) is 23.9 Å². The quantitative estimate of drug-likeness (QED) is 0.898. The second-order valence-electron chi connectivity index (χ2n) is 5.73. The molecule has 4 nitrogen and oxygen atoms in total. The Morgan fingerprint density at radius 3 is 2.89 bits per heavy atom. The third-order valence-corrected chi connectivity index (χ3v) is 4.28. The Kier molecular flexibility index (Phi) is 3.66. The lowest BCUT2D eigenvalue weighted by Crippen LogP contribution is -2.39. The van der Waals surface area contributed by atoms with Crippen LogP contribution in [-0.2, 0) is 7.05 Å². The average molecular weight is 270 g/mol. The molecule has 1 unspecified atom stereocenters. The molecule has 1 aromatic heterocycles. The summed E-state index contributed by atoms with van der Waals surface area (Å²) >= 11 is 6.08. The maximum absolute atomic E-state index is 11.7. The van der Waals surface area contributed by atoms with Gasteiger partial charge < -0.3 is 5.32 Å². The Morgan fingerprint density at radius 1 is 1.50 bits per heavy atom. The SMILES string of the molecule is Cn1ncc(NC2CCCCC2(C)C)c(Cl)c1=O. The molecule has 5 heteroatoms. The van der Waals surface area contributed by atoms with Crippen LogP contribution in [0.2, 0.25) is 5.02 Å². The molecule has 1 fully saturated rings. The molecule has 1 aromatic rings. The van der Waals surface area contributed by atoms with Gasteiger partial charge in [0.15, 0.2) is 0 Å². The Bertz CT molecular complexity index is 495. The van der Waals surface area contributed by atoms with E-state index in [0.717, 1.165) is 6.42 Å². The van der Waals surface area contributed by atoms with Gasteiger partial charge in [-0.1, -0.05) is 38.3 Å². The summed E-state index contributed by atoms with van der Waals surface area (Å²) in [6.07, 6.45) is 6.43. The van der Waals surface area contributed by atoms with Crippen molar-refractivity contribution in [2.24, 2.45) is 12.5 Å². The highest BCUT2D eigenvalue weighted by atomic mass is 35.5. The number of hydrogen-bond acceptors (Lipinski definition) is 3. The van der Waals surface area contributed by atoms with Gasteiger partial charge in [-0.05, 0) is 18.3 Å². The lowest BCUT2D eigenvalue weighted by atomic mass is 9.73. The number of anilines is 1. The van der Waals surface area contributed by atoms with Crippen LogP contribution in [0.3, 0.4) is 0 Å². The van der Waals surface area contributed by atoms with Crippen LogP contribution in [0.15, 0.2) is 11.0 Å². The fraction of sp³-hybridized carbons (Fsp3) is 0.692. The summed E-state index contributed by atoms with van der Waals surface area (Å²) in [4.78, 5) is 11.7. The molecule has 0 bridgehead atoms. The van der Waals surface area contributed by atoms with Crippen LogP contribution in [0, 0.1) is 5.41 Å². The molecule has 18 heavy (non-hydrogen) atoms. The van der Waals surface area contributed by atoms with Gasteiger partial charge in [-0.2, -0.15) is 5.10 Å². The van der Waals surface area contributed by atoms with Crippen LogP contribution >= 0.6 is 11.6 Å². The molecule has 0 radical (unpaired) electrons. The predicted octanol–water partition coefficient (Wildman–Crippen LogP) is 2.81. The van der Waals surface area contributed by atoms with Crippen LogP contribution in [0.25, 0.3) is 0 Å². The largest absolute Gasteiger partial charge is 0.379 e. The maximum Gasteiger partial charge on any atom is 0.287 e. The minimum Gasteiger partial charge on any atom is -0.379 e. The third kappa shape index (κ3) is 2.53. The van der Waals surface area contributed by atoms with Gasteiger partial charge in [0.25, 0.3) is 5.56 Å². The minimum absolute atomic E-state index is 0.225. The van der Waals surface area contributed by atoms with Crippen molar-refractivity contribution in [3.05, 3.63) is 21.6 Å². The summed E-state index contributed by atoms with van der Waals surface area (Å²) in [6.45, 7) is 4.51. The molecule has 1 N–H and O–H groups in total. The molecule has 1 aliphatic rings. The zero-order valence-corrected chi connectivity index (χ0v) is 11.9. The first-order valence-electron chi connectivity index (χ1n) is 6.40. The standard InChI is InChI=1S/C13H20ClN3O/c1-13(2)7-5-4-6-10(13)16-9-8-15-17(3)12(18)11(9)14/h8,10,16H,4-7H2,1-3H3. The Labute approximate surface area is 112 Å². The van der Waals surface area contributed by atoms with Gasteiger partial charge in [0.05, 0.1) is 11.9 Å². The topological polar surface area (TPSA) is 46.9 Å². The molecule has 0 aliphatic heterocycles. The number of hydrogen-bond donors (Lipinski definition) is 1. The molecule has 0 spiro atoms. The van der Waals surface area contributed by atoms with E-state index in [-0.39, 0.29) is 16.0 Å². The molecule has 0 saturated heterocycles. The van der Waals surface area contributed by atoms with Crippen LogP contribution in [0.4, 0.5) is 5.69 Å². The molecule has 1 aliphatic carbocycles. The van der Waals surface area contributed by atoms with Gasteiger partial charge in [-0.25, -0.2) is 4.68 Å². The normalized spacial score (nSPS) is 22.8. The van der Waals surface area contributed by atoms with E-state index in [0.29, 0.717) is 11.7 Å². The Hall–Kier alpha value is -1.03. The van der Waals surface area contributed by atoms with Crippen LogP contribution in [0.1, 0.15) is 39.5 Å². The van der Waals surface area contributed by atoms with Crippen LogP contribution in [0.5, 0.6) is 0 Å². The molecular formula is C13H20ClN3O. The summed E-state index contributed by atoms with van der Waals surface area (Å²) in [5, 5.41) is 7.64. The molecule has 1 saturated carbocycles. The minimum atomic E-state index is -0.254. The molecule has 1 atom stereocenters. The highest BCUT2D eigenvalue weighted by Gasteiger charge is 2.32. The van der Waals surface area contributed by atoms with Crippen molar-refractivity contribution in [2.75, 3.05) is 5.32 Å². The van der Waals surface area contributed by atoms with Gasteiger partial charge >= 0.3 is 0 Å². The summed E-state index contributed by atoms with van der Waals surface area (Å²) in [7, 11) is 1.60. The van der Waals surface area contributed by atoms with E-state index in [9.17, 15) is 4.79 Å². The van der Waals surface area contributed by atoms with E-state index >= 15 is 0 Å². The van der Waals surface area contributed by atoms with Gasteiger partial charge in [-0.15, -0.1) is 0 Å². The van der Waals surface area contributed by atoms with Gasteiger partial charge in [0, 0.05) is 13.1 Å². The van der Waals surface area contributed by atoms with Gasteiger partial charge in [0.1, 0.15) is 5.02 Å². The molecule has 2 rings (SSSR count).